The van der Waals surface area contributed by atoms with E-state index in [-0.39, 0.29) is 17.9 Å². The van der Waals surface area contributed by atoms with Gasteiger partial charge < -0.3 is 14.2 Å². The van der Waals surface area contributed by atoms with E-state index in [0.29, 0.717) is 10.2 Å². The number of ketones is 1. The van der Waals surface area contributed by atoms with E-state index in [0.717, 1.165) is 5.56 Å². The summed E-state index contributed by atoms with van der Waals surface area (Å²) in [6.07, 6.45) is 0. The summed E-state index contributed by atoms with van der Waals surface area (Å²) < 4.78 is 15.7. The van der Waals surface area contributed by atoms with E-state index in [9.17, 15) is 9.59 Å². The van der Waals surface area contributed by atoms with E-state index < -0.39 is 11.8 Å². The van der Waals surface area contributed by atoms with Crippen molar-refractivity contribution in [2.75, 3.05) is 20.8 Å². The lowest BCUT2D eigenvalue weighted by Gasteiger charge is -2.15. The first-order chi connectivity index (χ1) is 8.97. The van der Waals surface area contributed by atoms with Gasteiger partial charge in [0.05, 0.1) is 26.4 Å². The first kappa shape index (κ1) is 15.5. The Labute approximate surface area is 120 Å². The third-order valence-corrected chi connectivity index (χ3v) is 3.36. The van der Waals surface area contributed by atoms with Crippen LogP contribution in [0, 0.1) is 6.92 Å². The second kappa shape index (κ2) is 6.56. The van der Waals surface area contributed by atoms with Crippen LogP contribution in [0.5, 0.6) is 11.5 Å². The Morgan fingerprint density at radius 2 is 1.79 bits per heavy atom. The molecule has 1 aromatic rings. The van der Waals surface area contributed by atoms with Crippen molar-refractivity contribution in [3.05, 3.63) is 21.7 Å². The maximum Gasteiger partial charge on any atom is 0.379 e. The van der Waals surface area contributed by atoms with E-state index in [2.05, 4.69) is 15.9 Å². The summed E-state index contributed by atoms with van der Waals surface area (Å²) in [6, 6.07) is 1.52. The van der Waals surface area contributed by atoms with Gasteiger partial charge in [0, 0.05) is 10.0 Å². The van der Waals surface area contributed by atoms with Crippen LogP contribution in [-0.2, 0) is 9.53 Å². The molecule has 1 aromatic carbocycles. The number of carbonyl (C=O) groups is 2. The van der Waals surface area contributed by atoms with Gasteiger partial charge in [0.25, 0.3) is 5.78 Å². The molecular weight excluding hydrogens is 316 g/mol. The lowest BCUT2D eigenvalue weighted by molar-refractivity contribution is -0.137. The third-order valence-electron chi connectivity index (χ3n) is 2.53. The van der Waals surface area contributed by atoms with Crippen molar-refractivity contribution in [2.24, 2.45) is 0 Å². The minimum Gasteiger partial charge on any atom is -0.493 e. The van der Waals surface area contributed by atoms with Crippen molar-refractivity contribution in [1.29, 1.82) is 0 Å². The summed E-state index contributed by atoms with van der Waals surface area (Å²) in [7, 11) is 2.88. The molecule has 6 heteroatoms. The zero-order valence-electron chi connectivity index (χ0n) is 11.2. The SMILES string of the molecule is CCOC(=O)C(=O)c1cc(Br)c(C)c(OC)c1OC. The summed E-state index contributed by atoms with van der Waals surface area (Å²) in [4.78, 5) is 23.5. The summed E-state index contributed by atoms with van der Waals surface area (Å²) >= 11 is 3.32. The van der Waals surface area contributed by atoms with Crippen molar-refractivity contribution in [1.82, 2.24) is 0 Å². The van der Waals surface area contributed by atoms with Crippen LogP contribution >= 0.6 is 15.9 Å². The summed E-state index contributed by atoms with van der Waals surface area (Å²) in [5, 5.41) is 0. The fraction of sp³-hybridized carbons (Fsp3) is 0.385. The van der Waals surface area contributed by atoms with Crippen LogP contribution in [0.4, 0.5) is 0 Å². The van der Waals surface area contributed by atoms with E-state index in [1.807, 2.05) is 6.92 Å². The Bertz CT molecular complexity index is 510. The summed E-state index contributed by atoms with van der Waals surface area (Å²) in [5.41, 5.74) is 0.884. The van der Waals surface area contributed by atoms with Crippen LogP contribution in [0.25, 0.3) is 0 Å². The van der Waals surface area contributed by atoms with Gasteiger partial charge in [0.2, 0.25) is 0 Å². The number of hydrogen-bond acceptors (Lipinski definition) is 5. The van der Waals surface area contributed by atoms with Crippen molar-refractivity contribution < 1.29 is 23.8 Å². The van der Waals surface area contributed by atoms with Crippen molar-refractivity contribution in [2.45, 2.75) is 13.8 Å². The van der Waals surface area contributed by atoms with E-state index in [4.69, 9.17) is 14.2 Å². The summed E-state index contributed by atoms with van der Waals surface area (Å²) in [5.74, 6) is -1.05. The monoisotopic (exact) mass is 330 g/mol. The largest absolute Gasteiger partial charge is 0.493 e. The molecule has 104 valence electrons. The lowest BCUT2D eigenvalue weighted by atomic mass is 10.1. The van der Waals surface area contributed by atoms with Crippen LogP contribution in [0.2, 0.25) is 0 Å². The number of carbonyl (C=O) groups excluding carboxylic acids is 2. The topological polar surface area (TPSA) is 61.8 Å². The van der Waals surface area contributed by atoms with Gasteiger partial charge in [0.1, 0.15) is 0 Å². The molecule has 0 fully saturated rings. The Morgan fingerprint density at radius 3 is 2.26 bits per heavy atom. The molecule has 5 nitrogen and oxygen atoms in total. The Kier molecular flexibility index (Phi) is 5.35. The minimum atomic E-state index is -0.918. The van der Waals surface area contributed by atoms with Gasteiger partial charge in [-0.3, -0.25) is 4.79 Å². The lowest BCUT2D eigenvalue weighted by Crippen LogP contribution is -2.18. The number of Topliss-reactive ketones (excluding diaryl/α,β-unsaturated/α-hetero) is 1. The fourth-order valence-electron chi connectivity index (χ4n) is 1.63. The van der Waals surface area contributed by atoms with Gasteiger partial charge in [-0.1, -0.05) is 15.9 Å². The molecule has 0 aliphatic heterocycles. The molecule has 0 atom stereocenters. The van der Waals surface area contributed by atoms with E-state index in [1.165, 1.54) is 20.3 Å². The highest BCUT2D eigenvalue weighted by Crippen LogP contribution is 2.39. The predicted octanol–water partition coefficient (Wildman–Crippen LogP) is 2.52. The molecular formula is C13H15BrO5. The quantitative estimate of drug-likeness (QED) is 0.471. The molecule has 0 heterocycles. The van der Waals surface area contributed by atoms with Crippen LogP contribution < -0.4 is 9.47 Å². The fourth-order valence-corrected chi connectivity index (χ4v) is 2.03. The maximum absolute atomic E-state index is 12.0. The highest BCUT2D eigenvalue weighted by Gasteiger charge is 2.26. The molecule has 0 aliphatic carbocycles. The van der Waals surface area contributed by atoms with Crippen molar-refractivity contribution in [3.63, 3.8) is 0 Å². The molecule has 0 aliphatic rings. The Hall–Kier alpha value is -1.56. The van der Waals surface area contributed by atoms with Crippen LogP contribution in [0.1, 0.15) is 22.8 Å². The van der Waals surface area contributed by atoms with Crippen LogP contribution in [0.15, 0.2) is 10.5 Å². The van der Waals surface area contributed by atoms with Gasteiger partial charge in [-0.25, -0.2) is 4.79 Å². The van der Waals surface area contributed by atoms with Crippen molar-refractivity contribution >= 4 is 27.7 Å². The molecule has 0 bridgehead atoms. The number of ether oxygens (including phenoxy) is 3. The van der Waals surface area contributed by atoms with Crippen LogP contribution in [-0.4, -0.2) is 32.6 Å². The Morgan fingerprint density at radius 1 is 1.21 bits per heavy atom. The highest BCUT2D eigenvalue weighted by atomic mass is 79.9. The molecule has 0 radical (unpaired) electrons. The molecule has 0 saturated heterocycles. The predicted molar refractivity (Wildman–Crippen MR) is 72.9 cm³/mol. The molecule has 0 N–H and O–H groups in total. The number of methoxy groups -OCH3 is 2. The molecule has 0 spiro atoms. The van der Waals surface area contributed by atoms with Gasteiger partial charge >= 0.3 is 5.97 Å². The smallest absolute Gasteiger partial charge is 0.379 e. The number of benzene rings is 1. The number of hydrogen-bond donors (Lipinski definition) is 0. The maximum atomic E-state index is 12.0. The molecule has 0 aromatic heterocycles. The van der Waals surface area contributed by atoms with Crippen molar-refractivity contribution in [3.8, 4) is 11.5 Å². The number of rotatable bonds is 5. The van der Waals surface area contributed by atoms with Gasteiger partial charge in [-0.05, 0) is 19.9 Å². The summed E-state index contributed by atoms with van der Waals surface area (Å²) in [6.45, 7) is 3.58. The third kappa shape index (κ3) is 3.07. The molecule has 19 heavy (non-hydrogen) atoms. The normalized spacial score (nSPS) is 9.95. The first-order valence-corrected chi connectivity index (χ1v) is 6.39. The standard InChI is InChI=1S/C13H15BrO5/c1-5-19-13(16)10(15)8-6-9(14)7(2)11(17-3)12(8)18-4/h6H,5H2,1-4H3. The van der Waals surface area contributed by atoms with Gasteiger partial charge in [-0.15, -0.1) is 0 Å². The first-order valence-electron chi connectivity index (χ1n) is 5.60. The molecule has 0 saturated carbocycles. The minimum absolute atomic E-state index is 0.107. The average Bonchev–Trinajstić information content (AvgIpc) is 2.40. The van der Waals surface area contributed by atoms with Crippen LogP contribution in [0.3, 0.4) is 0 Å². The second-order valence-corrected chi connectivity index (χ2v) is 4.50. The number of halogens is 1. The molecule has 1 rings (SSSR count). The number of esters is 1. The molecule has 0 amide bonds. The highest BCUT2D eigenvalue weighted by molar-refractivity contribution is 9.10. The van der Waals surface area contributed by atoms with Gasteiger partial charge in [-0.2, -0.15) is 0 Å². The average molecular weight is 331 g/mol. The van der Waals surface area contributed by atoms with E-state index >= 15 is 0 Å². The van der Waals surface area contributed by atoms with Gasteiger partial charge in [0.15, 0.2) is 11.5 Å². The second-order valence-electron chi connectivity index (χ2n) is 3.65. The molecule has 0 unspecified atom stereocenters. The Balaban J connectivity index is 3.39. The zero-order valence-corrected chi connectivity index (χ0v) is 12.8. The van der Waals surface area contributed by atoms with E-state index in [1.54, 1.807) is 6.92 Å². The zero-order chi connectivity index (χ0) is 14.6.